The lowest BCUT2D eigenvalue weighted by Crippen LogP contribution is -2.43. The smallest absolute Gasteiger partial charge is 0.0220 e. The molecule has 0 bridgehead atoms. The second kappa shape index (κ2) is 6.39. The molecule has 80 valence electrons. The Balaban J connectivity index is 4.01. The number of nitrogens with zero attached hydrogens (tertiary/aromatic N) is 2. The van der Waals surface area contributed by atoms with Gasteiger partial charge in [0.2, 0.25) is 0 Å². The maximum absolute atomic E-state index is 2.46. The third-order valence-electron chi connectivity index (χ3n) is 2.92. The number of hydrogen-bond acceptors (Lipinski definition) is 2. The molecule has 0 aliphatic heterocycles. The van der Waals surface area contributed by atoms with Crippen molar-refractivity contribution >= 4 is 0 Å². The largest absolute Gasteiger partial charge is 0.305 e. The van der Waals surface area contributed by atoms with E-state index in [1.165, 1.54) is 13.0 Å². The topological polar surface area (TPSA) is 6.48 Å². The van der Waals surface area contributed by atoms with Crippen LogP contribution in [0.4, 0.5) is 0 Å². The Morgan fingerprint density at radius 2 is 1.62 bits per heavy atom. The number of rotatable bonds is 6. The minimum Gasteiger partial charge on any atom is -0.305 e. The van der Waals surface area contributed by atoms with E-state index in [1.54, 1.807) is 0 Å². The molecule has 0 amide bonds. The van der Waals surface area contributed by atoms with Crippen LogP contribution in [-0.2, 0) is 0 Å². The van der Waals surface area contributed by atoms with Gasteiger partial charge in [-0.15, -0.1) is 0 Å². The van der Waals surface area contributed by atoms with E-state index in [9.17, 15) is 0 Å². The van der Waals surface area contributed by atoms with Crippen molar-refractivity contribution in [1.29, 1.82) is 0 Å². The highest BCUT2D eigenvalue weighted by Gasteiger charge is 2.16. The van der Waals surface area contributed by atoms with Gasteiger partial charge in [0.05, 0.1) is 0 Å². The molecule has 0 rings (SSSR count). The van der Waals surface area contributed by atoms with Gasteiger partial charge in [-0.2, -0.15) is 0 Å². The summed E-state index contributed by atoms with van der Waals surface area (Å²) >= 11 is 0. The molecule has 0 fully saturated rings. The van der Waals surface area contributed by atoms with Crippen molar-refractivity contribution in [2.45, 2.75) is 46.2 Å². The minimum absolute atomic E-state index is 0.648. The van der Waals surface area contributed by atoms with Crippen LogP contribution in [0.25, 0.3) is 0 Å². The van der Waals surface area contributed by atoms with Crippen molar-refractivity contribution in [2.75, 3.05) is 27.2 Å². The summed E-state index contributed by atoms with van der Waals surface area (Å²) in [5.41, 5.74) is 0. The highest BCUT2D eigenvalue weighted by atomic mass is 15.2. The summed E-state index contributed by atoms with van der Waals surface area (Å²) in [4.78, 5) is 4.85. The van der Waals surface area contributed by atoms with Gasteiger partial charge in [0.15, 0.2) is 0 Å². The molecule has 0 radical (unpaired) electrons. The number of hydrogen-bond donors (Lipinski definition) is 0. The minimum atomic E-state index is 0.648. The molecule has 1 unspecified atom stereocenters. The van der Waals surface area contributed by atoms with Crippen LogP contribution in [0.2, 0.25) is 0 Å². The van der Waals surface area contributed by atoms with E-state index in [4.69, 9.17) is 0 Å². The van der Waals surface area contributed by atoms with Crippen LogP contribution in [0.5, 0.6) is 0 Å². The Kier molecular flexibility index (Phi) is 6.35. The molecule has 0 N–H and O–H groups in total. The molecular formula is C11H26N2. The van der Waals surface area contributed by atoms with Crippen LogP contribution in [0, 0.1) is 0 Å². The molecule has 2 nitrogen and oxygen atoms in total. The van der Waals surface area contributed by atoms with Crippen LogP contribution < -0.4 is 0 Å². The summed E-state index contributed by atoms with van der Waals surface area (Å²) in [6, 6.07) is 1.35. The number of likely N-dealkylation sites (N-methyl/N-ethyl adjacent to an activating group) is 2. The van der Waals surface area contributed by atoms with Gasteiger partial charge in [-0.3, -0.25) is 4.90 Å². The third-order valence-corrected chi connectivity index (χ3v) is 2.92. The second-order valence-electron chi connectivity index (χ2n) is 4.18. The zero-order valence-electron chi connectivity index (χ0n) is 10.2. The highest BCUT2D eigenvalue weighted by molar-refractivity contribution is 4.72. The third kappa shape index (κ3) is 4.63. The van der Waals surface area contributed by atoms with Crippen LogP contribution in [0.3, 0.4) is 0 Å². The fourth-order valence-corrected chi connectivity index (χ4v) is 1.46. The lowest BCUT2D eigenvalue weighted by atomic mass is 10.1. The van der Waals surface area contributed by atoms with Crippen molar-refractivity contribution in [3.05, 3.63) is 0 Å². The molecule has 0 aromatic carbocycles. The zero-order chi connectivity index (χ0) is 10.4. The molecule has 0 saturated heterocycles. The van der Waals surface area contributed by atoms with Crippen molar-refractivity contribution in [2.24, 2.45) is 0 Å². The van der Waals surface area contributed by atoms with Crippen LogP contribution in [0.15, 0.2) is 0 Å². The van der Waals surface area contributed by atoms with Crippen molar-refractivity contribution in [3.63, 3.8) is 0 Å². The maximum atomic E-state index is 2.46. The van der Waals surface area contributed by atoms with Gasteiger partial charge in [-0.05, 0) is 40.9 Å². The van der Waals surface area contributed by atoms with Crippen LogP contribution in [-0.4, -0.2) is 49.1 Å². The van der Waals surface area contributed by atoms with E-state index in [2.05, 4.69) is 51.6 Å². The van der Waals surface area contributed by atoms with Gasteiger partial charge in [0, 0.05) is 18.6 Å². The molecule has 0 aliphatic carbocycles. The summed E-state index contributed by atoms with van der Waals surface area (Å²) in [5, 5.41) is 0. The predicted octanol–water partition coefficient (Wildman–Crippen LogP) is 2.06. The van der Waals surface area contributed by atoms with E-state index >= 15 is 0 Å². The molecule has 0 heterocycles. The lowest BCUT2D eigenvalue weighted by Gasteiger charge is -2.33. The molecule has 0 aliphatic rings. The maximum Gasteiger partial charge on any atom is 0.0220 e. The molecule has 0 aromatic heterocycles. The quantitative estimate of drug-likeness (QED) is 0.626. The molecule has 13 heavy (non-hydrogen) atoms. The SMILES string of the molecule is CCC(CN(C)CC)N(C)C(C)C. The lowest BCUT2D eigenvalue weighted by molar-refractivity contribution is 0.148. The first-order valence-corrected chi connectivity index (χ1v) is 5.43. The van der Waals surface area contributed by atoms with Crippen molar-refractivity contribution in [3.8, 4) is 0 Å². The first kappa shape index (κ1) is 12.9. The Labute approximate surface area is 83.9 Å². The van der Waals surface area contributed by atoms with Gasteiger partial charge < -0.3 is 4.90 Å². The van der Waals surface area contributed by atoms with Gasteiger partial charge in [-0.1, -0.05) is 13.8 Å². The summed E-state index contributed by atoms with van der Waals surface area (Å²) in [6.07, 6.45) is 1.24. The van der Waals surface area contributed by atoms with E-state index in [-0.39, 0.29) is 0 Å². The van der Waals surface area contributed by atoms with E-state index in [0.29, 0.717) is 12.1 Å². The Hall–Kier alpha value is -0.0800. The average Bonchev–Trinajstić information content (AvgIpc) is 2.12. The van der Waals surface area contributed by atoms with E-state index in [1.807, 2.05) is 0 Å². The fourth-order valence-electron chi connectivity index (χ4n) is 1.46. The molecule has 1 atom stereocenters. The fraction of sp³-hybridized carbons (Fsp3) is 1.00. The predicted molar refractivity (Wildman–Crippen MR) is 60.1 cm³/mol. The Bertz CT molecular complexity index is 123. The Morgan fingerprint density at radius 3 is 1.92 bits per heavy atom. The molecule has 2 heteroatoms. The van der Waals surface area contributed by atoms with Crippen molar-refractivity contribution in [1.82, 2.24) is 9.80 Å². The zero-order valence-corrected chi connectivity index (χ0v) is 10.2. The highest BCUT2D eigenvalue weighted by Crippen LogP contribution is 2.07. The first-order chi connectivity index (χ1) is 6.02. The Morgan fingerprint density at radius 1 is 1.08 bits per heavy atom. The molecule has 0 saturated carbocycles. The standard InChI is InChI=1S/C11H26N2/c1-7-11(9-12(5)8-2)13(6)10(3)4/h10-11H,7-9H2,1-6H3. The average molecular weight is 186 g/mol. The van der Waals surface area contributed by atoms with Crippen LogP contribution >= 0.6 is 0 Å². The summed E-state index contributed by atoms with van der Waals surface area (Å²) in [5.74, 6) is 0. The van der Waals surface area contributed by atoms with Gasteiger partial charge in [0.25, 0.3) is 0 Å². The van der Waals surface area contributed by atoms with Crippen LogP contribution in [0.1, 0.15) is 34.1 Å². The first-order valence-electron chi connectivity index (χ1n) is 5.43. The van der Waals surface area contributed by atoms with Crippen molar-refractivity contribution < 1.29 is 0 Å². The summed E-state index contributed by atoms with van der Waals surface area (Å²) in [6.45, 7) is 11.3. The molecular weight excluding hydrogens is 160 g/mol. The second-order valence-corrected chi connectivity index (χ2v) is 4.18. The van der Waals surface area contributed by atoms with Gasteiger partial charge in [-0.25, -0.2) is 0 Å². The van der Waals surface area contributed by atoms with E-state index in [0.717, 1.165) is 6.54 Å². The molecule has 0 aromatic rings. The summed E-state index contributed by atoms with van der Waals surface area (Å²) in [7, 11) is 4.42. The van der Waals surface area contributed by atoms with Gasteiger partial charge >= 0.3 is 0 Å². The normalized spacial score (nSPS) is 14.5. The summed E-state index contributed by atoms with van der Waals surface area (Å²) < 4.78 is 0. The monoisotopic (exact) mass is 186 g/mol. The van der Waals surface area contributed by atoms with E-state index < -0.39 is 0 Å². The molecule has 0 spiro atoms. The van der Waals surface area contributed by atoms with Gasteiger partial charge in [0.1, 0.15) is 0 Å².